The number of hydrogen-bond donors (Lipinski definition) is 3. The molecule has 0 saturated carbocycles. The summed E-state index contributed by atoms with van der Waals surface area (Å²) < 4.78 is 61.3. The molecule has 0 aliphatic heterocycles. The molecule has 6 nitrogen and oxygen atoms in total. The zero-order valence-electron chi connectivity index (χ0n) is 20.2. The zero-order valence-corrected chi connectivity index (χ0v) is 21.0. The van der Waals surface area contributed by atoms with Crippen molar-refractivity contribution in [3.63, 3.8) is 0 Å². The van der Waals surface area contributed by atoms with Crippen molar-refractivity contribution in [1.82, 2.24) is 4.72 Å². The van der Waals surface area contributed by atoms with Crippen LogP contribution in [0.1, 0.15) is 42.3 Å². The molecule has 3 aromatic rings. The molecule has 0 aromatic heterocycles. The molecule has 1 atom stereocenters. The lowest BCUT2D eigenvalue weighted by Gasteiger charge is -2.22. The van der Waals surface area contributed by atoms with Crippen LogP contribution in [0.4, 0.5) is 18.9 Å². The Labute approximate surface area is 210 Å². The number of amides is 1. The summed E-state index contributed by atoms with van der Waals surface area (Å²) >= 11 is -1.57. The van der Waals surface area contributed by atoms with Gasteiger partial charge in [-0.05, 0) is 73.9 Å². The highest BCUT2D eigenvalue weighted by molar-refractivity contribution is 7.89. The van der Waals surface area contributed by atoms with Gasteiger partial charge in [0.05, 0.1) is 36.2 Å². The van der Waals surface area contributed by atoms with Gasteiger partial charge in [-0.1, -0.05) is 24.3 Å². The van der Waals surface area contributed by atoms with E-state index in [9.17, 15) is 27.6 Å². The number of ether oxygens (including phenoxy) is 1. The molecule has 3 aromatic carbocycles. The van der Waals surface area contributed by atoms with Crippen LogP contribution in [-0.2, 0) is 24.1 Å². The summed E-state index contributed by atoms with van der Waals surface area (Å²) in [4.78, 5) is 13.2. The number of nitrogens with one attached hydrogen (secondary N) is 2. The van der Waals surface area contributed by atoms with Gasteiger partial charge in [0.15, 0.2) is 5.75 Å². The van der Waals surface area contributed by atoms with Gasteiger partial charge in [-0.25, -0.2) is 0 Å². The van der Waals surface area contributed by atoms with Crippen LogP contribution in [0, 0.1) is 0 Å². The summed E-state index contributed by atoms with van der Waals surface area (Å²) in [6.07, 6.45) is -4.56. The van der Waals surface area contributed by atoms with E-state index in [-0.39, 0.29) is 28.0 Å². The van der Waals surface area contributed by atoms with Crippen LogP contribution in [0.2, 0.25) is 0 Å². The average molecular weight is 521 g/mol. The van der Waals surface area contributed by atoms with E-state index in [4.69, 9.17) is 4.74 Å². The first-order chi connectivity index (χ1) is 16.8. The number of benzene rings is 3. The number of anilines is 1. The van der Waals surface area contributed by atoms with Gasteiger partial charge in [0.2, 0.25) is 4.90 Å². The maximum atomic E-state index is 13.5. The summed E-state index contributed by atoms with van der Waals surface area (Å²) in [5, 5.41) is 12.5. The Morgan fingerprint density at radius 3 is 2.33 bits per heavy atom. The summed E-state index contributed by atoms with van der Waals surface area (Å²) in [6.45, 7) is 5.08. The highest BCUT2D eigenvalue weighted by Crippen LogP contribution is 2.38. The first-order valence-corrected chi connectivity index (χ1v) is 12.1. The average Bonchev–Trinajstić information content (AvgIpc) is 2.81. The Morgan fingerprint density at radius 2 is 1.72 bits per heavy atom. The van der Waals surface area contributed by atoms with Crippen molar-refractivity contribution >= 4 is 23.0 Å². The van der Waals surface area contributed by atoms with Gasteiger partial charge in [-0.15, -0.1) is 4.72 Å². The van der Waals surface area contributed by atoms with Crippen molar-refractivity contribution < 1.29 is 32.4 Å². The molecule has 1 unspecified atom stereocenters. The molecule has 0 aliphatic rings. The predicted octanol–water partition coefficient (Wildman–Crippen LogP) is 5.54. The van der Waals surface area contributed by atoms with E-state index in [0.29, 0.717) is 10.6 Å². The first-order valence-electron chi connectivity index (χ1n) is 10.9. The summed E-state index contributed by atoms with van der Waals surface area (Å²) in [5.41, 5.74) is -0.350. The van der Waals surface area contributed by atoms with E-state index >= 15 is 0 Å². The van der Waals surface area contributed by atoms with Crippen LogP contribution in [-0.4, -0.2) is 28.2 Å². The summed E-state index contributed by atoms with van der Waals surface area (Å²) in [7, 11) is 1.40. The van der Waals surface area contributed by atoms with Crippen LogP contribution in [0.5, 0.6) is 5.75 Å². The van der Waals surface area contributed by atoms with Crippen LogP contribution in [0.25, 0.3) is 11.1 Å². The molecule has 3 rings (SSSR count). The molecule has 0 radical (unpaired) electrons. The minimum atomic E-state index is -4.56. The molecule has 3 N–H and O–H groups in total. The van der Waals surface area contributed by atoms with E-state index in [2.05, 4.69) is 10.0 Å². The zero-order chi connectivity index (χ0) is 26.7. The van der Waals surface area contributed by atoms with Gasteiger partial charge < -0.3 is 19.7 Å². The SMILES string of the molecule is COc1cc(C(=O)Nc2ccc(-c3ccccc3C(F)(F)F)c(CO)c2)ccc1[S+]([O-])NC(C)(C)C. The third-order valence-electron chi connectivity index (χ3n) is 5.08. The van der Waals surface area contributed by atoms with E-state index < -0.39 is 41.2 Å². The Morgan fingerprint density at radius 1 is 1.03 bits per heavy atom. The molecular formula is C26H27F3N2O4S. The maximum Gasteiger partial charge on any atom is 0.417 e. The topological polar surface area (TPSA) is 93.7 Å². The second kappa shape index (κ2) is 10.9. The highest BCUT2D eigenvalue weighted by Gasteiger charge is 2.33. The molecule has 0 bridgehead atoms. The Balaban J connectivity index is 1.87. The largest absolute Gasteiger partial charge is 0.593 e. The molecule has 0 aliphatic carbocycles. The Bertz CT molecular complexity index is 1240. The van der Waals surface area contributed by atoms with Gasteiger partial charge in [-0.2, -0.15) is 13.2 Å². The Kier molecular flexibility index (Phi) is 8.35. The van der Waals surface area contributed by atoms with Crippen molar-refractivity contribution in [2.24, 2.45) is 0 Å². The number of carbonyl (C=O) groups excluding carboxylic acids is 1. The highest BCUT2D eigenvalue weighted by atomic mass is 32.2. The van der Waals surface area contributed by atoms with Crippen molar-refractivity contribution in [1.29, 1.82) is 0 Å². The van der Waals surface area contributed by atoms with Gasteiger partial charge in [0, 0.05) is 11.3 Å². The number of halogens is 3. The van der Waals surface area contributed by atoms with Gasteiger partial charge in [0.25, 0.3) is 5.91 Å². The monoisotopic (exact) mass is 520 g/mol. The van der Waals surface area contributed by atoms with E-state index in [1.165, 1.54) is 61.7 Å². The molecule has 0 heterocycles. The third-order valence-corrected chi connectivity index (χ3v) is 6.62. The lowest BCUT2D eigenvalue weighted by atomic mass is 9.95. The van der Waals surface area contributed by atoms with Gasteiger partial charge in [-0.3, -0.25) is 4.79 Å². The smallest absolute Gasteiger partial charge is 0.417 e. The van der Waals surface area contributed by atoms with E-state index in [1.807, 2.05) is 20.8 Å². The van der Waals surface area contributed by atoms with Crippen molar-refractivity contribution in [3.05, 3.63) is 77.4 Å². The number of alkyl halides is 3. The molecule has 192 valence electrons. The number of rotatable bonds is 7. The second-order valence-electron chi connectivity index (χ2n) is 9.01. The lowest BCUT2D eigenvalue weighted by molar-refractivity contribution is -0.137. The number of aliphatic hydroxyl groups excluding tert-OH is 1. The third kappa shape index (κ3) is 6.58. The fourth-order valence-corrected chi connectivity index (χ4v) is 4.71. The van der Waals surface area contributed by atoms with Crippen molar-refractivity contribution in [2.45, 2.75) is 44.0 Å². The van der Waals surface area contributed by atoms with Crippen LogP contribution < -0.4 is 14.8 Å². The van der Waals surface area contributed by atoms with Gasteiger partial charge in [0.1, 0.15) is 0 Å². The van der Waals surface area contributed by atoms with Crippen molar-refractivity contribution in [2.75, 3.05) is 12.4 Å². The molecule has 10 heteroatoms. The predicted molar refractivity (Wildman–Crippen MR) is 133 cm³/mol. The van der Waals surface area contributed by atoms with Crippen LogP contribution in [0.15, 0.2) is 65.6 Å². The minimum Gasteiger partial charge on any atom is -0.593 e. The van der Waals surface area contributed by atoms with E-state index in [0.717, 1.165) is 6.07 Å². The first kappa shape index (κ1) is 27.5. The number of methoxy groups -OCH3 is 1. The maximum absolute atomic E-state index is 13.5. The molecule has 0 fully saturated rings. The number of aliphatic hydroxyl groups is 1. The normalized spacial score (nSPS) is 12.8. The fourth-order valence-electron chi connectivity index (χ4n) is 3.53. The van der Waals surface area contributed by atoms with Gasteiger partial charge >= 0.3 is 6.18 Å². The van der Waals surface area contributed by atoms with Crippen LogP contribution >= 0.6 is 0 Å². The second-order valence-corrected chi connectivity index (χ2v) is 10.2. The van der Waals surface area contributed by atoms with Crippen LogP contribution in [0.3, 0.4) is 0 Å². The lowest BCUT2D eigenvalue weighted by Crippen LogP contribution is -2.40. The standard InChI is InChI=1S/C26H27F3N2O4S/c1-25(2,3)31-36(34)23-12-9-16(14-22(23)35-4)24(33)30-18-10-11-19(17(13-18)15-32)20-7-5-6-8-21(20)26(27,28)29/h5-14,31-32H,15H2,1-4H3,(H,30,33). The number of carbonyl (C=O) groups is 1. The summed E-state index contributed by atoms with van der Waals surface area (Å²) in [5.74, 6) is -0.255. The van der Waals surface area contributed by atoms with Crippen molar-refractivity contribution in [3.8, 4) is 16.9 Å². The molecule has 0 spiro atoms. The molecule has 36 heavy (non-hydrogen) atoms. The molecular weight excluding hydrogens is 493 g/mol. The fraction of sp³-hybridized carbons (Fsp3) is 0.269. The minimum absolute atomic E-state index is 0.0656. The quantitative estimate of drug-likeness (QED) is 0.356. The number of hydrogen-bond acceptors (Lipinski definition) is 5. The van der Waals surface area contributed by atoms with E-state index in [1.54, 1.807) is 0 Å². The Hall–Kier alpha value is -3.05. The molecule has 0 saturated heterocycles. The molecule has 1 amide bonds. The summed E-state index contributed by atoms with van der Waals surface area (Å²) in [6, 6.07) is 13.9.